The molecule has 0 atom stereocenters. The summed E-state index contributed by atoms with van der Waals surface area (Å²) in [6.07, 6.45) is 0. The van der Waals surface area contributed by atoms with Crippen LogP contribution in [0, 0.1) is 23.3 Å². The van der Waals surface area contributed by atoms with Crippen molar-refractivity contribution in [2.24, 2.45) is 0 Å². The Morgan fingerprint density at radius 1 is 0.929 bits per heavy atom. The average molecular weight is 317 g/mol. The highest BCUT2D eigenvalue weighted by atomic mass is 127. The van der Waals surface area contributed by atoms with Gasteiger partial charge in [0.15, 0.2) is 28.8 Å². The van der Waals surface area contributed by atoms with E-state index in [1.165, 1.54) is 22.9 Å². The van der Waals surface area contributed by atoms with Crippen LogP contribution in [0.15, 0.2) is 0 Å². The van der Waals surface area contributed by atoms with Crippen LogP contribution in [0.25, 0.3) is 11.0 Å². The molecule has 2 aromatic rings. The summed E-state index contributed by atoms with van der Waals surface area (Å²) in [6.45, 7) is 0. The third-order valence-electron chi connectivity index (χ3n) is 1.63. The molecule has 0 amide bonds. The van der Waals surface area contributed by atoms with E-state index in [1.54, 1.807) is 0 Å². The molecule has 0 aliphatic heterocycles. The van der Waals surface area contributed by atoms with Crippen LogP contribution >= 0.6 is 22.9 Å². The van der Waals surface area contributed by atoms with Crippen LogP contribution in [-0.2, 0) is 0 Å². The number of hydrogen-bond acceptors (Lipinski definition) is 2. The van der Waals surface area contributed by atoms with Gasteiger partial charge in [-0.05, 0) is 0 Å². The van der Waals surface area contributed by atoms with Crippen LogP contribution in [0.2, 0.25) is 0 Å². The fourth-order valence-corrected chi connectivity index (χ4v) is 1.53. The van der Waals surface area contributed by atoms with Gasteiger partial charge in [-0.3, -0.25) is 0 Å². The molecule has 8 heteroatoms. The molecule has 0 spiro atoms. The fraction of sp³-hybridized carbons (Fsp3) is 0. The van der Waals surface area contributed by atoms with Gasteiger partial charge < -0.3 is 0 Å². The van der Waals surface area contributed by atoms with Gasteiger partial charge in [-0.1, -0.05) is 5.21 Å². The number of halogens is 5. The molecule has 0 saturated carbocycles. The average Bonchev–Trinajstić information content (AvgIpc) is 2.54. The number of nitrogens with zero attached hydrogens (tertiary/aromatic N) is 3. The zero-order valence-electron chi connectivity index (χ0n) is 6.23. The van der Waals surface area contributed by atoms with Gasteiger partial charge in [-0.25, -0.2) is 17.6 Å². The first-order valence-electron chi connectivity index (χ1n) is 3.27. The molecule has 0 aliphatic carbocycles. The summed E-state index contributed by atoms with van der Waals surface area (Å²) in [5, 5.41) is 6.40. The maximum atomic E-state index is 13.0. The summed E-state index contributed by atoms with van der Waals surface area (Å²) in [7, 11) is 0. The maximum Gasteiger partial charge on any atom is 0.199 e. The van der Waals surface area contributed by atoms with E-state index in [2.05, 4.69) is 10.3 Å². The van der Waals surface area contributed by atoms with Gasteiger partial charge in [0.05, 0.1) is 22.9 Å². The van der Waals surface area contributed by atoms with E-state index in [9.17, 15) is 17.6 Å². The third-order valence-corrected chi connectivity index (χ3v) is 2.30. The molecular formula is C6F4IN3. The molecule has 0 bridgehead atoms. The van der Waals surface area contributed by atoms with E-state index < -0.39 is 34.3 Å². The summed E-state index contributed by atoms with van der Waals surface area (Å²) >= 11 is 1.47. The Kier molecular flexibility index (Phi) is 2.09. The van der Waals surface area contributed by atoms with Crippen LogP contribution in [0.5, 0.6) is 0 Å². The van der Waals surface area contributed by atoms with Crippen molar-refractivity contribution in [1.82, 2.24) is 13.2 Å². The molecule has 0 unspecified atom stereocenters. The predicted octanol–water partition coefficient (Wildman–Crippen LogP) is 2.19. The number of benzene rings is 1. The van der Waals surface area contributed by atoms with Gasteiger partial charge in [0, 0.05) is 0 Å². The van der Waals surface area contributed by atoms with Crippen molar-refractivity contribution in [3.63, 3.8) is 0 Å². The fourth-order valence-electron chi connectivity index (χ4n) is 0.997. The molecule has 1 aromatic heterocycles. The standard InChI is InChI=1S/C6F4IN3/c7-1-2(8)4(10)6-5(3(1)9)12-13-14(6)11. The van der Waals surface area contributed by atoms with Crippen molar-refractivity contribution in [3.05, 3.63) is 23.3 Å². The minimum Gasteiger partial charge on any atom is -0.201 e. The van der Waals surface area contributed by atoms with Gasteiger partial charge in [0.2, 0.25) is 0 Å². The predicted molar refractivity (Wildman–Crippen MR) is 46.8 cm³/mol. The van der Waals surface area contributed by atoms with E-state index in [0.717, 1.165) is 2.90 Å². The summed E-state index contributed by atoms with van der Waals surface area (Å²) in [5.74, 6) is -6.79. The molecule has 0 fully saturated rings. The Bertz CT molecular complexity index is 524. The summed E-state index contributed by atoms with van der Waals surface area (Å²) < 4.78 is 52.2. The molecule has 74 valence electrons. The zero-order valence-corrected chi connectivity index (χ0v) is 8.39. The Morgan fingerprint density at radius 3 is 2.14 bits per heavy atom. The van der Waals surface area contributed by atoms with Crippen molar-refractivity contribution >= 4 is 33.9 Å². The second-order valence-corrected chi connectivity index (χ2v) is 3.32. The molecule has 1 aromatic carbocycles. The number of rotatable bonds is 0. The van der Waals surface area contributed by atoms with Crippen LogP contribution in [0.1, 0.15) is 0 Å². The van der Waals surface area contributed by atoms with Crippen molar-refractivity contribution in [2.45, 2.75) is 0 Å². The lowest BCUT2D eigenvalue weighted by molar-refractivity contribution is 0.417. The number of hydrogen-bond donors (Lipinski definition) is 0. The van der Waals surface area contributed by atoms with Gasteiger partial charge in [0.25, 0.3) is 0 Å². The van der Waals surface area contributed by atoms with Crippen LogP contribution < -0.4 is 0 Å². The summed E-state index contributed by atoms with van der Waals surface area (Å²) in [6, 6.07) is 0. The van der Waals surface area contributed by atoms with Crippen molar-refractivity contribution in [3.8, 4) is 0 Å². The molecule has 3 nitrogen and oxygen atoms in total. The Labute approximate surface area is 88.2 Å². The van der Waals surface area contributed by atoms with Gasteiger partial charge >= 0.3 is 0 Å². The van der Waals surface area contributed by atoms with E-state index in [-0.39, 0.29) is 0 Å². The molecule has 14 heavy (non-hydrogen) atoms. The Hall–Kier alpha value is -0.930. The molecule has 0 radical (unpaired) electrons. The summed E-state index contributed by atoms with van der Waals surface area (Å²) in [5.41, 5.74) is -1.14. The first-order valence-corrected chi connectivity index (χ1v) is 4.24. The summed E-state index contributed by atoms with van der Waals surface area (Å²) in [4.78, 5) is 0. The third kappa shape index (κ3) is 1.09. The van der Waals surface area contributed by atoms with Crippen LogP contribution in [0.4, 0.5) is 17.6 Å². The minimum atomic E-state index is -1.88. The lowest BCUT2D eigenvalue weighted by Gasteiger charge is -1.98. The molecule has 0 saturated heterocycles. The van der Waals surface area contributed by atoms with E-state index in [1.807, 2.05) is 0 Å². The molecule has 0 N–H and O–H groups in total. The molecule has 0 aliphatic rings. The smallest absolute Gasteiger partial charge is 0.199 e. The number of aromatic nitrogens is 3. The lowest BCUT2D eigenvalue weighted by Crippen LogP contribution is -1.98. The van der Waals surface area contributed by atoms with Crippen molar-refractivity contribution in [1.29, 1.82) is 0 Å². The van der Waals surface area contributed by atoms with E-state index >= 15 is 0 Å². The van der Waals surface area contributed by atoms with E-state index in [0.29, 0.717) is 0 Å². The maximum absolute atomic E-state index is 13.0. The SMILES string of the molecule is Fc1c(F)c(F)c2c(nnn2I)c1F. The second-order valence-electron chi connectivity index (χ2n) is 2.40. The molecular weight excluding hydrogens is 317 g/mol. The largest absolute Gasteiger partial charge is 0.201 e. The number of fused-ring (bicyclic) bond motifs is 1. The first kappa shape index (κ1) is 9.62. The van der Waals surface area contributed by atoms with Gasteiger partial charge in [-0.2, -0.15) is 2.90 Å². The van der Waals surface area contributed by atoms with Crippen LogP contribution in [-0.4, -0.2) is 13.2 Å². The van der Waals surface area contributed by atoms with Crippen LogP contribution in [0.3, 0.4) is 0 Å². The zero-order chi connectivity index (χ0) is 10.5. The van der Waals surface area contributed by atoms with Gasteiger partial charge in [-0.15, -0.1) is 5.10 Å². The second kappa shape index (κ2) is 3.04. The van der Waals surface area contributed by atoms with Gasteiger partial charge in [0.1, 0.15) is 5.52 Å². The van der Waals surface area contributed by atoms with E-state index in [4.69, 9.17) is 0 Å². The van der Waals surface area contributed by atoms with Crippen molar-refractivity contribution < 1.29 is 17.6 Å². The minimum absolute atomic E-state index is 0.512. The normalized spacial score (nSPS) is 11.2. The lowest BCUT2D eigenvalue weighted by atomic mass is 10.2. The highest BCUT2D eigenvalue weighted by molar-refractivity contribution is 14.1. The molecule has 1 heterocycles. The first-order chi connectivity index (χ1) is 6.54. The highest BCUT2D eigenvalue weighted by Crippen LogP contribution is 2.25. The molecule has 2 rings (SSSR count). The van der Waals surface area contributed by atoms with Crippen molar-refractivity contribution in [2.75, 3.05) is 0 Å². The monoisotopic (exact) mass is 317 g/mol. The Balaban J connectivity index is 3.05. The Morgan fingerprint density at radius 2 is 1.50 bits per heavy atom. The topological polar surface area (TPSA) is 30.7 Å². The highest BCUT2D eigenvalue weighted by Gasteiger charge is 2.24. The quantitative estimate of drug-likeness (QED) is 0.323.